The Bertz CT molecular complexity index is 280. The fraction of sp³-hybridized carbons (Fsp3) is 0.769. The third-order valence-electron chi connectivity index (χ3n) is 3.55. The number of carbonyl (C=O) groups excluding carboxylic acids is 1. The Morgan fingerprint density at radius 2 is 2.00 bits per heavy atom. The van der Waals surface area contributed by atoms with Gasteiger partial charge in [0.05, 0.1) is 6.54 Å². The van der Waals surface area contributed by atoms with Crippen molar-refractivity contribution in [3.8, 4) is 0 Å². The van der Waals surface area contributed by atoms with Gasteiger partial charge in [0.15, 0.2) is 0 Å². The van der Waals surface area contributed by atoms with Crippen LogP contribution in [0, 0.1) is 0 Å². The van der Waals surface area contributed by atoms with Crippen LogP contribution in [0.2, 0.25) is 0 Å². The molecule has 0 N–H and O–H groups in total. The molecule has 3 nitrogen and oxygen atoms in total. The molecule has 0 aromatic rings. The summed E-state index contributed by atoms with van der Waals surface area (Å²) in [4.78, 5) is 16.1. The van der Waals surface area contributed by atoms with Gasteiger partial charge in [-0.3, -0.25) is 4.79 Å². The highest BCUT2D eigenvalue weighted by Gasteiger charge is 2.35. The van der Waals surface area contributed by atoms with E-state index >= 15 is 0 Å². The standard InChI is InChI=1S/C13H24N2O/c1-6-14(7-2)12(16)10-15-11(3)8-9-13(15,4)5/h3,6-10H2,1-2,4-5H3. The highest BCUT2D eigenvalue weighted by molar-refractivity contribution is 5.78. The molecule has 0 unspecified atom stereocenters. The molecule has 1 saturated heterocycles. The molecule has 0 aromatic carbocycles. The number of hydrogen-bond acceptors (Lipinski definition) is 2. The van der Waals surface area contributed by atoms with E-state index in [4.69, 9.17) is 0 Å². The van der Waals surface area contributed by atoms with E-state index in [1.807, 2.05) is 18.7 Å². The normalized spacial score (nSPS) is 19.0. The Hall–Kier alpha value is -0.990. The summed E-state index contributed by atoms with van der Waals surface area (Å²) in [7, 11) is 0. The van der Waals surface area contributed by atoms with Crippen LogP contribution in [0.3, 0.4) is 0 Å². The van der Waals surface area contributed by atoms with Crippen LogP contribution in [0.4, 0.5) is 0 Å². The second-order valence-electron chi connectivity index (χ2n) is 5.03. The molecule has 0 spiro atoms. The average molecular weight is 224 g/mol. The predicted molar refractivity (Wildman–Crippen MR) is 67.1 cm³/mol. The van der Waals surface area contributed by atoms with Crippen molar-refractivity contribution < 1.29 is 4.79 Å². The maximum atomic E-state index is 12.0. The van der Waals surface area contributed by atoms with E-state index in [2.05, 4.69) is 25.3 Å². The van der Waals surface area contributed by atoms with E-state index in [9.17, 15) is 4.79 Å². The van der Waals surface area contributed by atoms with Crippen molar-refractivity contribution in [2.45, 2.75) is 46.1 Å². The van der Waals surface area contributed by atoms with Gasteiger partial charge in [-0.15, -0.1) is 0 Å². The summed E-state index contributed by atoms with van der Waals surface area (Å²) < 4.78 is 0. The van der Waals surface area contributed by atoms with E-state index in [-0.39, 0.29) is 11.4 Å². The maximum absolute atomic E-state index is 12.0. The lowest BCUT2D eigenvalue weighted by Crippen LogP contribution is -2.45. The Kier molecular flexibility index (Phi) is 4.00. The number of likely N-dealkylation sites (tertiary alicyclic amines) is 1. The molecule has 1 aliphatic rings. The lowest BCUT2D eigenvalue weighted by Gasteiger charge is -2.35. The topological polar surface area (TPSA) is 23.6 Å². The SMILES string of the molecule is C=C1CCC(C)(C)N1CC(=O)N(CC)CC. The van der Waals surface area contributed by atoms with Gasteiger partial charge in [-0.1, -0.05) is 6.58 Å². The average Bonchev–Trinajstić information content (AvgIpc) is 2.47. The quantitative estimate of drug-likeness (QED) is 0.731. The fourth-order valence-electron chi connectivity index (χ4n) is 2.29. The Balaban J connectivity index is 2.66. The third-order valence-corrected chi connectivity index (χ3v) is 3.55. The van der Waals surface area contributed by atoms with E-state index in [1.54, 1.807) is 0 Å². The zero-order valence-electron chi connectivity index (χ0n) is 11.0. The first kappa shape index (κ1) is 13.1. The predicted octanol–water partition coefficient (Wildman–Crippen LogP) is 2.24. The van der Waals surface area contributed by atoms with Gasteiger partial charge in [-0.25, -0.2) is 0 Å². The van der Waals surface area contributed by atoms with Gasteiger partial charge in [0.25, 0.3) is 0 Å². The molecule has 92 valence electrons. The highest BCUT2D eigenvalue weighted by atomic mass is 16.2. The molecule has 16 heavy (non-hydrogen) atoms. The summed E-state index contributed by atoms with van der Waals surface area (Å²) in [6.07, 6.45) is 2.11. The molecule has 0 aliphatic carbocycles. The molecule has 1 amide bonds. The molecular weight excluding hydrogens is 200 g/mol. The number of rotatable bonds is 4. The number of amides is 1. The highest BCUT2D eigenvalue weighted by Crippen LogP contribution is 2.34. The molecule has 0 bridgehead atoms. The molecule has 0 saturated carbocycles. The van der Waals surface area contributed by atoms with Crippen molar-refractivity contribution in [3.63, 3.8) is 0 Å². The fourth-order valence-corrected chi connectivity index (χ4v) is 2.29. The summed E-state index contributed by atoms with van der Waals surface area (Å²) in [5.74, 6) is 0.209. The molecule has 0 radical (unpaired) electrons. The van der Waals surface area contributed by atoms with E-state index in [0.717, 1.165) is 31.6 Å². The minimum Gasteiger partial charge on any atom is -0.361 e. The summed E-state index contributed by atoms with van der Waals surface area (Å²) in [5, 5.41) is 0. The summed E-state index contributed by atoms with van der Waals surface area (Å²) >= 11 is 0. The second-order valence-corrected chi connectivity index (χ2v) is 5.03. The lowest BCUT2D eigenvalue weighted by molar-refractivity contribution is -0.132. The lowest BCUT2D eigenvalue weighted by atomic mass is 10.0. The van der Waals surface area contributed by atoms with Crippen LogP contribution in [0.25, 0.3) is 0 Å². The summed E-state index contributed by atoms with van der Waals surface area (Å²) in [6, 6.07) is 0. The summed E-state index contributed by atoms with van der Waals surface area (Å²) in [5.41, 5.74) is 1.19. The van der Waals surface area contributed by atoms with Crippen molar-refractivity contribution in [2.24, 2.45) is 0 Å². The van der Waals surface area contributed by atoms with Crippen molar-refractivity contribution in [2.75, 3.05) is 19.6 Å². The van der Waals surface area contributed by atoms with Crippen LogP contribution in [-0.4, -0.2) is 40.9 Å². The van der Waals surface area contributed by atoms with E-state index in [0.29, 0.717) is 6.54 Å². The minimum atomic E-state index is 0.0832. The minimum absolute atomic E-state index is 0.0832. The largest absolute Gasteiger partial charge is 0.361 e. The molecule has 0 aromatic heterocycles. The molecule has 0 atom stereocenters. The van der Waals surface area contributed by atoms with Gasteiger partial charge in [0, 0.05) is 24.3 Å². The number of carbonyl (C=O) groups is 1. The van der Waals surface area contributed by atoms with Crippen molar-refractivity contribution in [1.29, 1.82) is 0 Å². The van der Waals surface area contributed by atoms with E-state index < -0.39 is 0 Å². The number of nitrogens with zero attached hydrogens (tertiary/aromatic N) is 2. The molecular formula is C13H24N2O. The van der Waals surface area contributed by atoms with E-state index in [1.165, 1.54) is 0 Å². The van der Waals surface area contributed by atoms with Crippen LogP contribution in [-0.2, 0) is 4.79 Å². The smallest absolute Gasteiger partial charge is 0.242 e. The molecule has 1 aliphatic heterocycles. The van der Waals surface area contributed by atoms with Gasteiger partial charge < -0.3 is 9.80 Å². The monoisotopic (exact) mass is 224 g/mol. The first-order chi connectivity index (χ1) is 7.42. The van der Waals surface area contributed by atoms with Crippen LogP contribution < -0.4 is 0 Å². The zero-order chi connectivity index (χ0) is 12.3. The third kappa shape index (κ3) is 2.57. The van der Waals surface area contributed by atoms with Crippen LogP contribution in [0.5, 0.6) is 0 Å². The Morgan fingerprint density at radius 3 is 2.38 bits per heavy atom. The molecule has 1 heterocycles. The van der Waals surface area contributed by atoms with Crippen LogP contribution in [0.1, 0.15) is 40.5 Å². The summed E-state index contributed by atoms with van der Waals surface area (Å²) in [6.45, 7) is 14.5. The Labute approximate surface area is 99.1 Å². The molecule has 3 heteroatoms. The van der Waals surface area contributed by atoms with Gasteiger partial charge in [0.1, 0.15) is 0 Å². The zero-order valence-corrected chi connectivity index (χ0v) is 11.0. The van der Waals surface area contributed by atoms with Crippen LogP contribution in [0.15, 0.2) is 12.3 Å². The van der Waals surface area contributed by atoms with Gasteiger partial charge in [-0.2, -0.15) is 0 Å². The number of allylic oxidation sites excluding steroid dienone is 1. The van der Waals surface area contributed by atoms with Crippen molar-refractivity contribution in [1.82, 2.24) is 9.80 Å². The number of hydrogen-bond donors (Lipinski definition) is 0. The molecule has 1 rings (SSSR count). The maximum Gasteiger partial charge on any atom is 0.242 e. The van der Waals surface area contributed by atoms with Gasteiger partial charge in [-0.05, 0) is 40.5 Å². The Morgan fingerprint density at radius 1 is 1.44 bits per heavy atom. The number of likely N-dealkylation sites (N-methyl/N-ethyl adjacent to an activating group) is 1. The van der Waals surface area contributed by atoms with Crippen molar-refractivity contribution >= 4 is 5.91 Å². The first-order valence-electron chi connectivity index (χ1n) is 6.15. The van der Waals surface area contributed by atoms with Crippen molar-refractivity contribution in [3.05, 3.63) is 12.3 Å². The second kappa shape index (κ2) is 4.89. The molecule has 1 fully saturated rings. The van der Waals surface area contributed by atoms with Gasteiger partial charge in [0.2, 0.25) is 5.91 Å². The first-order valence-corrected chi connectivity index (χ1v) is 6.15. The van der Waals surface area contributed by atoms with Gasteiger partial charge >= 0.3 is 0 Å². The van der Waals surface area contributed by atoms with Crippen LogP contribution >= 0.6 is 0 Å².